The number of sulfonamides is 2. The first kappa shape index (κ1) is 22.6. The zero-order valence-corrected chi connectivity index (χ0v) is 14.0. The highest BCUT2D eigenvalue weighted by Crippen LogP contribution is 2.36. The van der Waals surface area contributed by atoms with Crippen molar-refractivity contribution < 1.29 is 48.2 Å². The van der Waals surface area contributed by atoms with Crippen LogP contribution in [0.2, 0.25) is 0 Å². The van der Waals surface area contributed by atoms with Crippen LogP contribution in [0.4, 0.5) is 26.3 Å². The number of rotatable bonds is 2. The van der Waals surface area contributed by atoms with E-state index in [1.165, 1.54) is 16.8 Å². The predicted molar refractivity (Wildman–Crippen MR) is 70.5 cm³/mol. The van der Waals surface area contributed by atoms with Crippen LogP contribution in [0.15, 0.2) is 12.3 Å². The van der Waals surface area contributed by atoms with Gasteiger partial charge in [0.15, 0.2) is 31.9 Å². The van der Waals surface area contributed by atoms with E-state index in [1.54, 1.807) is 0 Å². The molecule has 0 aliphatic rings. The molecule has 14 heteroatoms. The van der Waals surface area contributed by atoms with Crippen molar-refractivity contribution in [3.63, 3.8) is 0 Å². The summed E-state index contributed by atoms with van der Waals surface area (Å²) in [6, 6.07) is 2.17. The van der Waals surface area contributed by atoms with Gasteiger partial charge in [0.25, 0.3) is 0 Å². The Morgan fingerprint density at radius 2 is 1.25 bits per heavy atom. The number of aryl methyl sites for hydroxylation is 3. The van der Waals surface area contributed by atoms with Gasteiger partial charge in [0.05, 0.1) is 0 Å². The Labute approximate surface area is 134 Å². The molecule has 0 bridgehead atoms. The second kappa shape index (κ2) is 7.23. The van der Waals surface area contributed by atoms with E-state index in [0.717, 1.165) is 4.13 Å². The summed E-state index contributed by atoms with van der Waals surface area (Å²) in [6.45, 7) is 6.27. The molecule has 140 valence electrons. The van der Waals surface area contributed by atoms with E-state index in [-0.39, 0.29) is 0 Å². The Kier molecular flexibility index (Phi) is 6.80. The maximum atomic E-state index is 11.4. The standard InChI is InChI=1S/C8H11N.C2F6NO4S2/c1-6-4-7(2)8(3)9-5-6;3-1(4,5)14(10,11)9-15(12,13)2(6,7)8/h4-5H,1-3H3;/q;-1/p+1. The molecule has 0 fully saturated rings. The summed E-state index contributed by atoms with van der Waals surface area (Å²) >= 11 is 0. The second-order valence-corrected chi connectivity index (χ2v) is 7.82. The van der Waals surface area contributed by atoms with Crippen LogP contribution in [0.5, 0.6) is 0 Å². The molecule has 0 saturated heterocycles. The van der Waals surface area contributed by atoms with Gasteiger partial charge >= 0.3 is 11.0 Å². The van der Waals surface area contributed by atoms with Crippen LogP contribution < -0.4 is 4.98 Å². The number of pyridine rings is 1. The summed E-state index contributed by atoms with van der Waals surface area (Å²) in [5, 5.41) is 0. The van der Waals surface area contributed by atoms with E-state index >= 15 is 0 Å². The van der Waals surface area contributed by atoms with E-state index in [0.29, 0.717) is 0 Å². The molecule has 1 aromatic heterocycles. The molecule has 24 heavy (non-hydrogen) atoms. The first-order valence-corrected chi connectivity index (χ1v) is 8.61. The van der Waals surface area contributed by atoms with Gasteiger partial charge in [-0.05, 0) is 19.9 Å². The molecule has 0 aromatic carbocycles. The van der Waals surface area contributed by atoms with Gasteiger partial charge in [0.1, 0.15) is 0 Å². The Hall–Kier alpha value is -1.41. The Bertz CT molecular complexity index is 743. The summed E-state index contributed by atoms with van der Waals surface area (Å²) in [7, 11) is -13.4. The van der Waals surface area contributed by atoms with Crippen LogP contribution in [0.3, 0.4) is 0 Å². The Balaban J connectivity index is 0.000000496. The smallest absolute Gasteiger partial charge is 0.421 e. The number of aromatic nitrogens is 1. The van der Waals surface area contributed by atoms with Crippen LogP contribution in [-0.2, 0) is 20.0 Å². The topological polar surface area (TPSA) is 96.5 Å². The molecule has 6 nitrogen and oxygen atoms in total. The van der Waals surface area contributed by atoms with Crippen molar-refractivity contribution in [3.8, 4) is 0 Å². The molecule has 0 atom stereocenters. The molecule has 1 N–H and O–H groups in total. The number of hydrogen-bond donors (Lipinski definition) is 0. The summed E-state index contributed by atoms with van der Waals surface area (Å²) in [4.78, 5) is 3.17. The van der Waals surface area contributed by atoms with Gasteiger partial charge in [-0.3, -0.25) is 0 Å². The Morgan fingerprint density at radius 3 is 1.50 bits per heavy atom. The number of alkyl halides is 6. The molecule has 1 aromatic rings. The number of nitrogens with zero attached hydrogens (tertiary/aromatic N) is 1. The van der Waals surface area contributed by atoms with Gasteiger partial charge in [-0.15, -0.1) is 0 Å². The zero-order chi connectivity index (χ0) is 19.6. The summed E-state index contributed by atoms with van der Waals surface area (Å²) in [5.74, 6) is 0. The molecule has 0 amide bonds. The number of hydrogen-bond acceptors (Lipinski definition) is 4. The van der Waals surface area contributed by atoms with Crippen LogP contribution in [0.1, 0.15) is 16.8 Å². The molecule has 0 saturated carbocycles. The lowest BCUT2D eigenvalue weighted by Gasteiger charge is -2.22. The lowest BCUT2D eigenvalue weighted by atomic mass is 10.2. The van der Waals surface area contributed by atoms with Gasteiger partial charge in [-0.25, -0.2) is 21.8 Å². The fourth-order valence-electron chi connectivity index (χ4n) is 1.04. The largest absolute Gasteiger partial charge is 0.480 e. The summed E-state index contributed by atoms with van der Waals surface area (Å²) < 4.78 is 109. The van der Waals surface area contributed by atoms with Gasteiger partial charge in [0.2, 0.25) is 0 Å². The maximum Gasteiger partial charge on any atom is 0.480 e. The highest BCUT2D eigenvalue weighted by molar-refractivity contribution is 8.13. The van der Waals surface area contributed by atoms with Crippen LogP contribution in [0.25, 0.3) is 4.13 Å². The lowest BCUT2D eigenvalue weighted by molar-refractivity contribution is -0.388. The number of nitrogens with one attached hydrogen (secondary N) is 1. The molecular formula is C10H12F6N2O4S2. The van der Waals surface area contributed by atoms with Gasteiger partial charge in [-0.2, -0.15) is 26.3 Å². The molecule has 0 aliphatic carbocycles. The first-order chi connectivity index (χ1) is 10.4. The molecule has 1 rings (SSSR count). The van der Waals surface area contributed by atoms with E-state index in [9.17, 15) is 43.2 Å². The fraction of sp³-hybridized carbons (Fsp3) is 0.500. The van der Waals surface area contributed by atoms with Crippen molar-refractivity contribution >= 4 is 20.0 Å². The molecule has 0 radical (unpaired) electrons. The highest BCUT2D eigenvalue weighted by Gasteiger charge is 2.46. The van der Waals surface area contributed by atoms with Gasteiger partial charge in [0, 0.05) is 18.1 Å². The van der Waals surface area contributed by atoms with Crippen molar-refractivity contribution in [2.75, 3.05) is 0 Å². The normalized spacial score (nSPS) is 13.2. The van der Waals surface area contributed by atoms with Crippen molar-refractivity contribution in [2.45, 2.75) is 31.8 Å². The number of halogens is 6. The predicted octanol–water partition coefficient (Wildman–Crippen LogP) is 2.49. The minimum atomic E-state index is -6.72. The third-order valence-electron chi connectivity index (χ3n) is 2.33. The SMILES string of the molecule is Cc1c[nH+]c(C)c(C)c1.O=S(=O)([N-]S(=O)(=O)C(F)(F)F)C(F)(F)F. The number of aromatic amines is 1. The Morgan fingerprint density at radius 1 is 0.875 bits per heavy atom. The van der Waals surface area contributed by atoms with Crippen molar-refractivity contribution in [1.29, 1.82) is 0 Å². The average Bonchev–Trinajstić information content (AvgIpc) is 2.31. The van der Waals surface area contributed by atoms with Gasteiger partial charge < -0.3 is 4.13 Å². The minimum Gasteiger partial charge on any atom is -0.421 e. The monoisotopic (exact) mass is 402 g/mol. The van der Waals surface area contributed by atoms with E-state index in [2.05, 4.69) is 31.8 Å². The third kappa shape index (κ3) is 6.24. The molecule has 0 spiro atoms. The van der Waals surface area contributed by atoms with Crippen LogP contribution in [0, 0.1) is 20.8 Å². The zero-order valence-electron chi connectivity index (χ0n) is 12.3. The minimum absolute atomic E-state index is 0.778. The van der Waals surface area contributed by atoms with E-state index < -0.39 is 31.1 Å². The third-order valence-corrected chi connectivity index (χ3v) is 5.07. The van der Waals surface area contributed by atoms with Gasteiger partial charge in [-0.1, -0.05) is 0 Å². The lowest BCUT2D eigenvalue weighted by Crippen LogP contribution is -2.30. The highest BCUT2D eigenvalue weighted by atomic mass is 32.3. The first-order valence-electron chi connectivity index (χ1n) is 5.73. The average molecular weight is 402 g/mol. The quantitative estimate of drug-likeness (QED) is 0.710. The number of H-pyrrole nitrogens is 1. The molecular weight excluding hydrogens is 390 g/mol. The fourth-order valence-corrected chi connectivity index (χ4v) is 2.75. The summed E-state index contributed by atoms with van der Waals surface area (Å²) in [5.41, 5.74) is -8.54. The van der Waals surface area contributed by atoms with E-state index in [4.69, 9.17) is 0 Å². The van der Waals surface area contributed by atoms with E-state index in [1.807, 2.05) is 6.20 Å². The maximum absolute atomic E-state index is 11.4. The molecule has 1 heterocycles. The second-order valence-electron chi connectivity index (χ2n) is 4.40. The van der Waals surface area contributed by atoms with Crippen molar-refractivity contribution in [3.05, 3.63) is 33.2 Å². The van der Waals surface area contributed by atoms with Crippen LogP contribution in [-0.4, -0.2) is 27.9 Å². The van der Waals surface area contributed by atoms with Crippen LogP contribution >= 0.6 is 0 Å². The van der Waals surface area contributed by atoms with Crippen molar-refractivity contribution in [1.82, 2.24) is 0 Å². The molecule has 0 unspecified atom stereocenters. The molecule has 0 aliphatic heterocycles. The summed E-state index contributed by atoms with van der Waals surface area (Å²) in [6.07, 6.45) is 2.02. The van der Waals surface area contributed by atoms with Crippen molar-refractivity contribution in [2.24, 2.45) is 0 Å².